The van der Waals surface area contributed by atoms with Crippen molar-refractivity contribution >= 4 is 24.0 Å². The average Bonchev–Trinajstić information content (AvgIpc) is 2.36. The number of aryl methyl sites for hydroxylation is 1. The van der Waals surface area contributed by atoms with E-state index in [1.54, 1.807) is 0 Å². The lowest BCUT2D eigenvalue weighted by Gasteiger charge is -2.33. The first-order valence-corrected chi connectivity index (χ1v) is 6.37. The number of halogens is 3. The van der Waals surface area contributed by atoms with Gasteiger partial charge in [-0.2, -0.15) is 0 Å². The van der Waals surface area contributed by atoms with E-state index in [4.69, 9.17) is 11.6 Å². The van der Waals surface area contributed by atoms with E-state index in [1.165, 1.54) is 0 Å². The molecule has 18 heavy (non-hydrogen) atoms. The maximum atomic E-state index is 13.3. The third-order valence-electron chi connectivity index (χ3n) is 3.32. The number of benzene rings is 1. The van der Waals surface area contributed by atoms with Crippen molar-refractivity contribution in [1.82, 2.24) is 10.2 Å². The zero-order valence-corrected chi connectivity index (χ0v) is 12.0. The Morgan fingerprint density at radius 1 is 1.39 bits per heavy atom. The van der Waals surface area contributed by atoms with Gasteiger partial charge in [0.25, 0.3) is 0 Å². The monoisotopic (exact) mass is 292 g/mol. The zero-order valence-electron chi connectivity index (χ0n) is 10.5. The summed E-state index contributed by atoms with van der Waals surface area (Å²) in [6.07, 6.45) is 0. The summed E-state index contributed by atoms with van der Waals surface area (Å²) in [6, 6.07) is 5.68. The number of rotatable bonds is 3. The molecule has 1 N–H and O–H groups in total. The molecule has 102 valence electrons. The van der Waals surface area contributed by atoms with Crippen LogP contribution in [0.25, 0.3) is 0 Å². The molecule has 1 aliphatic heterocycles. The summed E-state index contributed by atoms with van der Waals surface area (Å²) in [5.41, 5.74) is 2.01. The third kappa shape index (κ3) is 3.58. The van der Waals surface area contributed by atoms with E-state index in [-0.39, 0.29) is 25.1 Å². The van der Waals surface area contributed by atoms with Crippen molar-refractivity contribution in [2.24, 2.45) is 0 Å². The minimum atomic E-state index is -0.362. The van der Waals surface area contributed by atoms with E-state index in [0.29, 0.717) is 0 Å². The summed E-state index contributed by atoms with van der Waals surface area (Å²) in [6.45, 7) is 5.23. The molecule has 1 atom stereocenters. The number of hydrogen-bond acceptors (Lipinski definition) is 2. The number of nitrogens with one attached hydrogen (secondary N) is 1. The molecule has 2 rings (SSSR count). The van der Waals surface area contributed by atoms with Crippen LogP contribution < -0.4 is 5.32 Å². The van der Waals surface area contributed by atoms with Gasteiger partial charge < -0.3 is 5.32 Å². The largest absolute Gasteiger partial charge is 0.314 e. The Morgan fingerprint density at radius 3 is 2.61 bits per heavy atom. The Hall–Kier alpha value is -0.350. The van der Waals surface area contributed by atoms with Crippen LogP contribution in [0.4, 0.5) is 4.39 Å². The van der Waals surface area contributed by atoms with E-state index in [9.17, 15) is 4.39 Å². The summed E-state index contributed by atoms with van der Waals surface area (Å²) in [5.74, 6) is 0. The van der Waals surface area contributed by atoms with Gasteiger partial charge in [-0.1, -0.05) is 23.7 Å². The van der Waals surface area contributed by atoms with E-state index in [0.717, 1.165) is 42.3 Å². The quantitative estimate of drug-likeness (QED) is 0.921. The van der Waals surface area contributed by atoms with Gasteiger partial charge in [0.05, 0.1) is 6.04 Å². The van der Waals surface area contributed by atoms with Gasteiger partial charge in [-0.05, 0) is 24.1 Å². The summed E-state index contributed by atoms with van der Waals surface area (Å²) in [5, 5.41) is 3.99. The topological polar surface area (TPSA) is 15.3 Å². The highest BCUT2D eigenvalue weighted by Crippen LogP contribution is 2.26. The van der Waals surface area contributed by atoms with E-state index in [2.05, 4.69) is 10.2 Å². The smallest absolute Gasteiger partial charge is 0.109 e. The van der Waals surface area contributed by atoms with E-state index >= 15 is 0 Å². The molecule has 0 aliphatic carbocycles. The van der Waals surface area contributed by atoms with Gasteiger partial charge in [-0.25, -0.2) is 4.39 Å². The predicted molar refractivity (Wildman–Crippen MR) is 76.6 cm³/mol. The lowest BCUT2D eigenvalue weighted by Crippen LogP contribution is -2.45. The van der Waals surface area contributed by atoms with Crippen LogP contribution in [0, 0.1) is 6.92 Å². The van der Waals surface area contributed by atoms with Gasteiger partial charge in [0.1, 0.15) is 6.67 Å². The van der Waals surface area contributed by atoms with E-state index < -0.39 is 0 Å². The highest BCUT2D eigenvalue weighted by molar-refractivity contribution is 6.31. The SMILES string of the molecule is Cc1ccc([C@H](CF)N2CCNCC2)cc1Cl.Cl. The molecular formula is C13H19Cl2FN2. The van der Waals surface area contributed by atoms with Crippen LogP contribution in [0.1, 0.15) is 17.2 Å². The Bertz CT molecular complexity index is 381. The average molecular weight is 293 g/mol. The van der Waals surface area contributed by atoms with Crippen LogP contribution >= 0.6 is 24.0 Å². The Labute approximate surface area is 119 Å². The maximum absolute atomic E-state index is 13.3. The lowest BCUT2D eigenvalue weighted by atomic mass is 10.0. The van der Waals surface area contributed by atoms with E-state index in [1.807, 2.05) is 25.1 Å². The molecule has 1 aromatic rings. The van der Waals surface area contributed by atoms with Crippen molar-refractivity contribution < 1.29 is 4.39 Å². The molecule has 1 fully saturated rings. The first kappa shape index (κ1) is 15.7. The Balaban J connectivity index is 0.00000162. The molecule has 1 heterocycles. The van der Waals surface area contributed by atoms with Gasteiger partial charge in [-0.15, -0.1) is 12.4 Å². The number of nitrogens with zero attached hydrogens (tertiary/aromatic N) is 1. The van der Waals surface area contributed by atoms with Crippen molar-refractivity contribution in [2.75, 3.05) is 32.9 Å². The summed E-state index contributed by atoms with van der Waals surface area (Å²) in [4.78, 5) is 2.18. The zero-order chi connectivity index (χ0) is 12.3. The molecular weight excluding hydrogens is 274 g/mol. The van der Waals surface area contributed by atoms with Gasteiger partial charge in [0, 0.05) is 31.2 Å². The third-order valence-corrected chi connectivity index (χ3v) is 3.73. The highest BCUT2D eigenvalue weighted by Gasteiger charge is 2.22. The van der Waals surface area contributed by atoms with Crippen molar-refractivity contribution in [3.63, 3.8) is 0 Å². The molecule has 0 unspecified atom stereocenters. The standard InChI is InChI=1S/C13H18ClFN2.ClH/c1-10-2-3-11(8-12(10)14)13(9-15)17-6-4-16-5-7-17;/h2-3,8,13,16H,4-7,9H2,1H3;1H/t13-;/m0./s1. The molecule has 1 aromatic carbocycles. The highest BCUT2D eigenvalue weighted by atomic mass is 35.5. The summed E-state index contributed by atoms with van der Waals surface area (Å²) < 4.78 is 13.3. The fourth-order valence-electron chi connectivity index (χ4n) is 2.21. The van der Waals surface area contributed by atoms with Crippen LogP contribution in [0.15, 0.2) is 18.2 Å². The van der Waals surface area contributed by atoms with Crippen molar-refractivity contribution in [3.8, 4) is 0 Å². The Morgan fingerprint density at radius 2 is 2.06 bits per heavy atom. The first-order valence-electron chi connectivity index (χ1n) is 5.99. The second-order valence-electron chi connectivity index (χ2n) is 4.46. The summed E-state index contributed by atoms with van der Waals surface area (Å²) >= 11 is 6.10. The van der Waals surface area contributed by atoms with Crippen LogP contribution in [0.3, 0.4) is 0 Å². The fourth-order valence-corrected chi connectivity index (χ4v) is 2.40. The molecule has 0 spiro atoms. The number of alkyl halides is 1. The minimum Gasteiger partial charge on any atom is -0.314 e. The number of hydrogen-bond donors (Lipinski definition) is 1. The molecule has 0 aromatic heterocycles. The van der Waals surface area contributed by atoms with Crippen LogP contribution in [0.2, 0.25) is 5.02 Å². The van der Waals surface area contributed by atoms with Gasteiger partial charge in [0.2, 0.25) is 0 Å². The van der Waals surface area contributed by atoms with Gasteiger partial charge in [-0.3, -0.25) is 4.90 Å². The van der Waals surface area contributed by atoms with Gasteiger partial charge >= 0.3 is 0 Å². The second-order valence-corrected chi connectivity index (χ2v) is 4.87. The maximum Gasteiger partial charge on any atom is 0.109 e. The molecule has 0 bridgehead atoms. The molecule has 2 nitrogen and oxygen atoms in total. The van der Waals surface area contributed by atoms with Crippen LogP contribution in [0.5, 0.6) is 0 Å². The summed E-state index contributed by atoms with van der Waals surface area (Å²) in [7, 11) is 0. The lowest BCUT2D eigenvalue weighted by molar-refractivity contribution is 0.147. The molecule has 1 aliphatic rings. The molecule has 1 saturated heterocycles. The van der Waals surface area contributed by atoms with Crippen LogP contribution in [-0.2, 0) is 0 Å². The van der Waals surface area contributed by atoms with Crippen molar-refractivity contribution in [3.05, 3.63) is 34.3 Å². The predicted octanol–water partition coefficient (Wildman–Crippen LogP) is 2.99. The molecule has 5 heteroatoms. The first-order chi connectivity index (χ1) is 8.22. The molecule has 0 radical (unpaired) electrons. The van der Waals surface area contributed by atoms with Crippen molar-refractivity contribution in [2.45, 2.75) is 13.0 Å². The molecule has 0 amide bonds. The van der Waals surface area contributed by atoms with Gasteiger partial charge in [0.15, 0.2) is 0 Å². The minimum absolute atomic E-state index is 0. The number of piperazine rings is 1. The fraction of sp³-hybridized carbons (Fsp3) is 0.538. The normalized spacial score (nSPS) is 18.2. The Kier molecular flexibility index (Phi) is 6.36. The molecule has 0 saturated carbocycles. The van der Waals surface area contributed by atoms with Crippen LogP contribution in [-0.4, -0.2) is 37.8 Å². The van der Waals surface area contributed by atoms with Crippen molar-refractivity contribution in [1.29, 1.82) is 0 Å². The second kappa shape index (κ2) is 7.29.